The second kappa shape index (κ2) is 6.99. The summed E-state index contributed by atoms with van der Waals surface area (Å²) in [6.07, 6.45) is 5.47. The molecule has 4 rings (SSSR count). The van der Waals surface area contributed by atoms with Gasteiger partial charge in [-0.2, -0.15) is 5.10 Å². The van der Waals surface area contributed by atoms with Gasteiger partial charge >= 0.3 is 0 Å². The van der Waals surface area contributed by atoms with Gasteiger partial charge in [-0.05, 0) is 36.7 Å². The molecule has 6 nitrogen and oxygen atoms in total. The lowest BCUT2D eigenvalue weighted by Gasteiger charge is -2.08. The van der Waals surface area contributed by atoms with E-state index in [-0.39, 0.29) is 16.7 Å². The largest absolute Gasteiger partial charge is 0.308 e. The summed E-state index contributed by atoms with van der Waals surface area (Å²) in [6.45, 7) is 0. The number of hydrogen-bond donors (Lipinski definition) is 2. The van der Waals surface area contributed by atoms with Gasteiger partial charge in [0.1, 0.15) is 11.6 Å². The number of carbonyl (C=O) groups is 1. The molecule has 1 aromatic carbocycles. The average molecular weight is 375 g/mol. The third-order valence-electron chi connectivity index (χ3n) is 4.36. The molecule has 134 valence electrons. The fourth-order valence-corrected chi connectivity index (χ4v) is 3.73. The number of aromatic nitrogens is 4. The summed E-state index contributed by atoms with van der Waals surface area (Å²) in [5.74, 6) is -0.935. The van der Waals surface area contributed by atoms with Crippen LogP contribution in [-0.2, 0) is 4.79 Å². The van der Waals surface area contributed by atoms with Crippen molar-refractivity contribution in [2.24, 2.45) is 5.92 Å². The number of amides is 1. The number of rotatable bonds is 4. The maximum Gasteiger partial charge on any atom is 0.228 e. The number of carbonyl (C=O) groups excluding carboxylic acids is 1. The van der Waals surface area contributed by atoms with Crippen molar-refractivity contribution in [3.63, 3.8) is 0 Å². The van der Waals surface area contributed by atoms with E-state index in [4.69, 9.17) is 0 Å². The SMILES string of the molecule is O=C(Nc1n[nH]c2nc(Sc3ccc(F)cc3F)ncc12)C1CCCC1. The molecule has 0 unspecified atom stereocenters. The summed E-state index contributed by atoms with van der Waals surface area (Å²) in [5.41, 5.74) is 0.437. The van der Waals surface area contributed by atoms with E-state index in [9.17, 15) is 13.6 Å². The smallest absolute Gasteiger partial charge is 0.228 e. The topological polar surface area (TPSA) is 83.6 Å². The first-order valence-corrected chi connectivity index (χ1v) is 9.06. The van der Waals surface area contributed by atoms with Crippen LogP contribution in [0.3, 0.4) is 0 Å². The Labute approximate surface area is 151 Å². The van der Waals surface area contributed by atoms with Gasteiger partial charge in [0, 0.05) is 18.2 Å². The van der Waals surface area contributed by atoms with Crippen LogP contribution in [0.2, 0.25) is 0 Å². The fraction of sp³-hybridized carbons (Fsp3) is 0.294. The van der Waals surface area contributed by atoms with Crippen LogP contribution in [0.5, 0.6) is 0 Å². The molecule has 0 spiro atoms. The van der Waals surface area contributed by atoms with E-state index in [0.29, 0.717) is 22.0 Å². The van der Waals surface area contributed by atoms with Gasteiger partial charge in [-0.3, -0.25) is 9.89 Å². The van der Waals surface area contributed by atoms with Crippen molar-refractivity contribution >= 4 is 34.5 Å². The van der Waals surface area contributed by atoms with Crippen molar-refractivity contribution in [3.05, 3.63) is 36.0 Å². The van der Waals surface area contributed by atoms with Gasteiger partial charge < -0.3 is 5.32 Å². The van der Waals surface area contributed by atoms with Gasteiger partial charge in [0.05, 0.1) is 10.3 Å². The molecule has 1 aliphatic carbocycles. The lowest BCUT2D eigenvalue weighted by atomic mass is 10.1. The van der Waals surface area contributed by atoms with Gasteiger partial charge in [-0.1, -0.05) is 12.8 Å². The zero-order chi connectivity index (χ0) is 18.1. The normalized spacial score (nSPS) is 14.8. The molecule has 26 heavy (non-hydrogen) atoms. The molecule has 3 aromatic rings. The van der Waals surface area contributed by atoms with Crippen molar-refractivity contribution in [1.82, 2.24) is 20.2 Å². The number of nitrogens with one attached hydrogen (secondary N) is 2. The summed E-state index contributed by atoms with van der Waals surface area (Å²) >= 11 is 0.982. The van der Waals surface area contributed by atoms with Crippen LogP contribution in [0, 0.1) is 17.6 Å². The maximum atomic E-state index is 13.8. The average Bonchev–Trinajstić information content (AvgIpc) is 3.28. The van der Waals surface area contributed by atoms with Crippen molar-refractivity contribution in [2.75, 3.05) is 5.32 Å². The Morgan fingerprint density at radius 3 is 2.85 bits per heavy atom. The Kier molecular flexibility index (Phi) is 4.54. The monoisotopic (exact) mass is 375 g/mol. The number of anilines is 1. The quantitative estimate of drug-likeness (QED) is 0.676. The first kappa shape index (κ1) is 16.9. The van der Waals surface area contributed by atoms with Crippen LogP contribution < -0.4 is 5.32 Å². The van der Waals surface area contributed by atoms with Gasteiger partial charge in [0.25, 0.3) is 0 Å². The van der Waals surface area contributed by atoms with E-state index in [2.05, 4.69) is 25.5 Å². The number of nitrogens with zero attached hydrogens (tertiary/aromatic N) is 3. The highest BCUT2D eigenvalue weighted by Crippen LogP contribution is 2.30. The summed E-state index contributed by atoms with van der Waals surface area (Å²) in [5, 5.41) is 10.5. The van der Waals surface area contributed by atoms with Crippen LogP contribution in [-0.4, -0.2) is 26.1 Å². The molecular formula is C17H15F2N5OS. The Morgan fingerprint density at radius 2 is 2.08 bits per heavy atom. The molecular weight excluding hydrogens is 360 g/mol. The number of halogens is 2. The molecule has 2 aromatic heterocycles. The van der Waals surface area contributed by atoms with Crippen molar-refractivity contribution in [3.8, 4) is 0 Å². The zero-order valence-corrected chi connectivity index (χ0v) is 14.4. The number of aromatic amines is 1. The highest BCUT2D eigenvalue weighted by molar-refractivity contribution is 7.99. The van der Waals surface area contributed by atoms with Crippen LogP contribution in [0.15, 0.2) is 34.4 Å². The summed E-state index contributed by atoms with van der Waals surface area (Å²) < 4.78 is 26.7. The fourth-order valence-electron chi connectivity index (χ4n) is 3.00. The first-order valence-electron chi connectivity index (χ1n) is 8.25. The molecule has 0 saturated heterocycles. The number of benzene rings is 1. The molecule has 1 fully saturated rings. The van der Waals surface area contributed by atoms with Crippen LogP contribution >= 0.6 is 11.8 Å². The summed E-state index contributed by atoms with van der Waals surface area (Å²) in [4.78, 5) is 20.9. The second-order valence-corrected chi connectivity index (χ2v) is 7.14. The van der Waals surface area contributed by atoms with Crippen molar-refractivity contribution < 1.29 is 13.6 Å². The summed E-state index contributed by atoms with van der Waals surface area (Å²) in [6, 6.07) is 3.33. The minimum Gasteiger partial charge on any atom is -0.308 e. The Morgan fingerprint density at radius 1 is 1.27 bits per heavy atom. The lowest BCUT2D eigenvalue weighted by molar-refractivity contribution is -0.119. The number of H-pyrrole nitrogens is 1. The molecule has 0 atom stereocenters. The first-order chi connectivity index (χ1) is 12.6. The molecule has 0 aliphatic heterocycles. The van der Waals surface area contributed by atoms with Crippen LogP contribution in [0.1, 0.15) is 25.7 Å². The lowest BCUT2D eigenvalue weighted by Crippen LogP contribution is -2.20. The van der Waals surface area contributed by atoms with E-state index >= 15 is 0 Å². The van der Waals surface area contributed by atoms with Gasteiger partial charge in [0.2, 0.25) is 5.91 Å². The third kappa shape index (κ3) is 3.39. The molecule has 1 aliphatic rings. The third-order valence-corrected chi connectivity index (χ3v) is 5.29. The van der Waals surface area contributed by atoms with Crippen LogP contribution in [0.4, 0.5) is 14.6 Å². The van der Waals surface area contributed by atoms with E-state index < -0.39 is 11.6 Å². The molecule has 0 radical (unpaired) electrons. The van der Waals surface area contributed by atoms with E-state index in [0.717, 1.165) is 43.5 Å². The van der Waals surface area contributed by atoms with Gasteiger partial charge in [-0.25, -0.2) is 18.7 Å². The van der Waals surface area contributed by atoms with Crippen molar-refractivity contribution in [1.29, 1.82) is 0 Å². The molecule has 1 saturated carbocycles. The minimum absolute atomic E-state index is 0.0268. The Balaban J connectivity index is 1.54. The van der Waals surface area contributed by atoms with E-state index in [1.54, 1.807) is 0 Å². The van der Waals surface area contributed by atoms with Gasteiger partial charge in [0.15, 0.2) is 16.6 Å². The van der Waals surface area contributed by atoms with Crippen molar-refractivity contribution in [2.45, 2.75) is 35.7 Å². The highest BCUT2D eigenvalue weighted by atomic mass is 32.2. The standard InChI is InChI=1S/C17H15F2N5OS/c18-10-5-6-13(12(19)7-10)26-17-20-8-11-14(23-24-15(11)22-17)21-16(25)9-3-1-2-4-9/h5-9H,1-4H2,(H2,20,21,22,23,24,25). The highest BCUT2D eigenvalue weighted by Gasteiger charge is 2.24. The Hall–Kier alpha value is -2.55. The molecule has 9 heteroatoms. The van der Waals surface area contributed by atoms with Gasteiger partial charge in [-0.15, -0.1) is 0 Å². The molecule has 1 amide bonds. The zero-order valence-electron chi connectivity index (χ0n) is 13.6. The number of hydrogen-bond acceptors (Lipinski definition) is 5. The predicted molar refractivity (Wildman–Crippen MR) is 92.8 cm³/mol. The molecule has 0 bridgehead atoms. The molecule has 2 N–H and O–H groups in total. The second-order valence-electron chi connectivity index (χ2n) is 6.13. The Bertz CT molecular complexity index is 971. The van der Waals surface area contributed by atoms with E-state index in [1.165, 1.54) is 18.3 Å². The molecule has 2 heterocycles. The maximum absolute atomic E-state index is 13.8. The number of fused-ring (bicyclic) bond motifs is 1. The van der Waals surface area contributed by atoms with E-state index in [1.807, 2.05) is 0 Å². The predicted octanol–water partition coefficient (Wildman–Crippen LogP) is 3.91. The summed E-state index contributed by atoms with van der Waals surface area (Å²) in [7, 11) is 0. The minimum atomic E-state index is -0.673. The van der Waals surface area contributed by atoms with Crippen LogP contribution in [0.25, 0.3) is 11.0 Å².